The van der Waals surface area contributed by atoms with Crippen molar-refractivity contribution < 1.29 is 24.5 Å². The fourth-order valence-electron chi connectivity index (χ4n) is 3.46. The van der Waals surface area contributed by atoms with E-state index in [0.29, 0.717) is 12.4 Å². The summed E-state index contributed by atoms with van der Waals surface area (Å²) in [5.74, 6) is 0.0980. The molecule has 0 atom stereocenters. The van der Waals surface area contributed by atoms with Gasteiger partial charge >= 0.3 is 6.16 Å². The van der Waals surface area contributed by atoms with Crippen LogP contribution in [-0.4, -0.2) is 23.0 Å². The number of hydrogen-bond acceptors (Lipinski definition) is 4. The van der Waals surface area contributed by atoms with Crippen molar-refractivity contribution in [3.63, 3.8) is 0 Å². The van der Waals surface area contributed by atoms with Crippen LogP contribution in [-0.2, 0) is 6.42 Å². The van der Waals surface area contributed by atoms with Crippen LogP contribution in [0.2, 0.25) is 0 Å². The van der Waals surface area contributed by atoms with Gasteiger partial charge in [0.25, 0.3) is 0 Å². The minimum Gasteiger partial charge on any atom is -0.502 e. The normalized spacial score (nSPS) is 10.8. The number of benzene rings is 1. The fourth-order valence-corrected chi connectivity index (χ4v) is 3.46. The molecule has 0 aliphatic carbocycles. The van der Waals surface area contributed by atoms with E-state index >= 15 is 0 Å². The van der Waals surface area contributed by atoms with Gasteiger partial charge in [0.15, 0.2) is 11.5 Å². The summed E-state index contributed by atoms with van der Waals surface area (Å²) < 4.78 is 10.6. The van der Waals surface area contributed by atoms with Crippen molar-refractivity contribution in [1.29, 1.82) is 0 Å². The first-order chi connectivity index (χ1) is 14.1. The van der Waals surface area contributed by atoms with Gasteiger partial charge in [-0.25, -0.2) is 4.79 Å². The van der Waals surface area contributed by atoms with Gasteiger partial charge in [0.1, 0.15) is 0 Å². The van der Waals surface area contributed by atoms with E-state index in [1.807, 2.05) is 6.07 Å². The fraction of sp³-hybridized carbons (Fsp3) is 0.708. The summed E-state index contributed by atoms with van der Waals surface area (Å²) in [7, 11) is 0. The lowest BCUT2D eigenvalue weighted by atomic mass is 10.0. The van der Waals surface area contributed by atoms with Gasteiger partial charge in [-0.1, -0.05) is 90.5 Å². The molecule has 5 nitrogen and oxygen atoms in total. The van der Waals surface area contributed by atoms with E-state index in [9.17, 15) is 9.90 Å². The van der Waals surface area contributed by atoms with Gasteiger partial charge in [-0.3, -0.25) is 0 Å². The van der Waals surface area contributed by atoms with Gasteiger partial charge in [-0.05, 0) is 30.9 Å². The minimum absolute atomic E-state index is 0.0706. The first-order valence-electron chi connectivity index (χ1n) is 11.5. The van der Waals surface area contributed by atoms with Gasteiger partial charge in [-0.15, -0.1) is 0 Å². The number of carboxylic acid groups (broad SMARTS) is 1. The molecule has 0 aliphatic rings. The summed E-state index contributed by atoms with van der Waals surface area (Å²) in [6, 6.07) is 3.32. The van der Waals surface area contributed by atoms with Crippen molar-refractivity contribution >= 4 is 6.16 Å². The summed E-state index contributed by atoms with van der Waals surface area (Å²) in [4.78, 5) is 10.8. The van der Waals surface area contributed by atoms with Gasteiger partial charge in [0.2, 0.25) is 5.75 Å². The van der Waals surface area contributed by atoms with E-state index in [4.69, 9.17) is 9.84 Å². The molecule has 0 amide bonds. The lowest BCUT2D eigenvalue weighted by Gasteiger charge is -2.15. The van der Waals surface area contributed by atoms with Crippen LogP contribution in [0.4, 0.5) is 4.79 Å². The van der Waals surface area contributed by atoms with E-state index in [-0.39, 0.29) is 11.5 Å². The standard InChI is InChI=1S/C24H40O5/c1-3-5-7-9-11-13-15-19-28-23-20(16-14-12-10-8-6-4-2)17-18-21(22(23)25)29-24(26)27/h17-18,25H,3-16,19H2,1-2H3,(H,26,27). The van der Waals surface area contributed by atoms with E-state index in [2.05, 4.69) is 18.6 Å². The number of aryl methyl sites for hydroxylation is 1. The second kappa shape index (κ2) is 15.9. The number of phenolic OH excluding ortho intramolecular Hbond substituents is 1. The molecule has 5 heteroatoms. The predicted molar refractivity (Wildman–Crippen MR) is 117 cm³/mol. The maximum absolute atomic E-state index is 10.8. The minimum atomic E-state index is -1.44. The van der Waals surface area contributed by atoms with E-state index in [1.54, 1.807) is 0 Å². The molecule has 1 rings (SSSR count). The molecule has 1 aromatic rings. The third-order valence-electron chi connectivity index (χ3n) is 5.17. The van der Waals surface area contributed by atoms with Crippen LogP contribution in [0, 0.1) is 0 Å². The first kappa shape index (κ1) is 25.1. The van der Waals surface area contributed by atoms with Crippen molar-refractivity contribution in [2.24, 2.45) is 0 Å². The van der Waals surface area contributed by atoms with Gasteiger partial charge in [0.05, 0.1) is 6.61 Å². The number of carbonyl (C=O) groups is 1. The quantitative estimate of drug-likeness (QED) is 0.159. The van der Waals surface area contributed by atoms with Crippen molar-refractivity contribution in [2.75, 3.05) is 6.61 Å². The smallest absolute Gasteiger partial charge is 0.502 e. The molecule has 0 unspecified atom stereocenters. The largest absolute Gasteiger partial charge is 0.511 e. The molecule has 0 aliphatic heterocycles. The van der Waals surface area contributed by atoms with Crippen LogP contribution in [0.25, 0.3) is 0 Å². The molecule has 0 spiro atoms. The predicted octanol–water partition coefficient (Wildman–Crippen LogP) is 7.48. The highest BCUT2D eigenvalue weighted by molar-refractivity contribution is 5.65. The highest BCUT2D eigenvalue weighted by Gasteiger charge is 2.17. The van der Waals surface area contributed by atoms with E-state index in [0.717, 1.165) is 37.7 Å². The van der Waals surface area contributed by atoms with Gasteiger partial charge < -0.3 is 19.7 Å². The number of hydrogen-bond donors (Lipinski definition) is 2. The Morgan fingerprint density at radius 2 is 1.38 bits per heavy atom. The highest BCUT2D eigenvalue weighted by Crippen LogP contribution is 2.40. The third-order valence-corrected chi connectivity index (χ3v) is 5.17. The number of phenols is 1. The van der Waals surface area contributed by atoms with Crippen molar-refractivity contribution in [2.45, 2.75) is 104 Å². The molecule has 0 heterocycles. The second-order valence-corrected chi connectivity index (χ2v) is 7.76. The molecule has 1 aromatic carbocycles. The summed E-state index contributed by atoms with van der Waals surface area (Å²) in [5.41, 5.74) is 0.915. The van der Waals surface area contributed by atoms with Gasteiger partial charge in [-0.2, -0.15) is 0 Å². The number of unbranched alkanes of at least 4 members (excludes halogenated alkanes) is 11. The average molecular weight is 409 g/mol. The SMILES string of the molecule is CCCCCCCCCOc1c(CCCCCCCC)ccc(OC(=O)O)c1O. The second-order valence-electron chi connectivity index (χ2n) is 7.76. The highest BCUT2D eigenvalue weighted by atomic mass is 16.7. The van der Waals surface area contributed by atoms with Crippen LogP contribution < -0.4 is 9.47 Å². The Hall–Kier alpha value is -1.91. The molecule has 0 saturated carbocycles. The Balaban J connectivity index is 2.57. The zero-order valence-electron chi connectivity index (χ0n) is 18.4. The molecule has 2 N–H and O–H groups in total. The Morgan fingerprint density at radius 3 is 1.97 bits per heavy atom. The Bertz CT molecular complexity index is 571. The Kier molecular flexibility index (Phi) is 13.8. The number of rotatable bonds is 17. The third kappa shape index (κ3) is 11.0. The zero-order chi connectivity index (χ0) is 21.3. The zero-order valence-corrected chi connectivity index (χ0v) is 18.4. The summed E-state index contributed by atoms with van der Waals surface area (Å²) in [6.07, 6.45) is 14.8. The summed E-state index contributed by atoms with van der Waals surface area (Å²) >= 11 is 0. The van der Waals surface area contributed by atoms with E-state index < -0.39 is 6.16 Å². The maximum atomic E-state index is 10.8. The molecular weight excluding hydrogens is 368 g/mol. The van der Waals surface area contributed by atoms with Crippen molar-refractivity contribution in [3.05, 3.63) is 17.7 Å². The van der Waals surface area contributed by atoms with Crippen LogP contribution in [0.3, 0.4) is 0 Å². The Morgan fingerprint density at radius 1 is 0.828 bits per heavy atom. The molecular formula is C24H40O5. The molecule has 0 fully saturated rings. The Labute approximate surface area is 176 Å². The average Bonchev–Trinajstić information content (AvgIpc) is 2.69. The van der Waals surface area contributed by atoms with Crippen LogP contribution in [0.15, 0.2) is 12.1 Å². The number of ether oxygens (including phenoxy) is 2. The molecule has 0 aromatic heterocycles. The van der Waals surface area contributed by atoms with Crippen LogP contribution in [0.5, 0.6) is 17.2 Å². The van der Waals surface area contributed by atoms with E-state index in [1.165, 1.54) is 63.9 Å². The monoisotopic (exact) mass is 408 g/mol. The maximum Gasteiger partial charge on any atom is 0.511 e. The summed E-state index contributed by atoms with van der Waals surface area (Å²) in [5, 5.41) is 19.3. The summed E-state index contributed by atoms with van der Waals surface area (Å²) in [6.45, 7) is 4.94. The first-order valence-corrected chi connectivity index (χ1v) is 11.5. The van der Waals surface area contributed by atoms with Crippen molar-refractivity contribution in [3.8, 4) is 17.2 Å². The van der Waals surface area contributed by atoms with Crippen LogP contribution in [0.1, 0.15) is 103 Å². The topological polar surface area (TPSA) is 76.0 Å². The lowest BCUT2D eigenvalue weighted by molar-refractivity contribution is 0.142. The van der Waals surface area contributed by atoms with Gasteiger partial charge in [0, 0.05) is 0 Å². The molecule has 0 radical (unpaired) electrons. The number of aromatic hydroxyl groups is 1. The van der Waals surface area contributed by atoms with Crippen LogP contribution >= 0.6 is 0 Å². The molecule has 166 valence electrons. The molecule has 0 bridgehead atoms. The molecule has 0 saturated heterocycles. The lowest BCUT2D eigenvalue weighted by Crippen LogP contribution is -2.06. The van der Waals surface area contributed by atoms with Crippen molar-refractivity contribution in [1.82, 2.24) is 0 Å². The molecule has 29 heavy (non-hydrogen) atoms.